The largest absolute Gasteiger partial charge is 0.337 e. The minimum absolute atomic E-state index is 0.0391. The van der Waals surface area contributed by atoms with E-state index in [0.29, 0.717) is 12.0 Å². The SMILES string of the molecule is Cc1cc(-c2ccc3c(c2)C2CCCC2N3c2ccc3c(c2)-c2ccccc2C3(C)C)sc1C=O. The highest BCUT2D eigenvalue weighted by molar-refractivity contribution is 7.17. The fourth-order valence-corrected chi connectivity index (χ4v) is 7.94. The molecule has 3 heteroatoms. The van der Waals surface area contributed by atoms with Gasteiger partial charge < -0.3 is 4.90 Å². The quantitative estimate of drug-likeness (QED) is 0.276. The molecule has 3 aromatic carbocycles. The van der Waals surface area contributed by atoms with Crippen molar-refractivity contribution in [3.05, 3.63) is 93.9 Å². The Morgan fingerprint density at radius 1 is 0.943 bits per heavy atom. The van der Waals surface area contributed by atoms with E-state index in [1.807, 2.05) is 6.92 Å². The van der Waals surface area contributed by atoms with Gasteiger partial charge in [-0.25, -0.2) is 0 Å². The number of aryl methyl sites for hydroxylation is 1. The number of hydrogen-bond donors (Lipinski definition) is 0. The van der Waals surface area contributed by atoms with Crippen LogP contribution in [0.25, 0.3) is 21.6 Å². The summed E-state index contributed by atoms with van der Waals surface area (Å²) >= 11 is 1.61. The lowest BCUT2D eigenvalue weighted by Crippen LogP contribution is -2.26. The van der Waals surface area contributed by atoms with E-state index < -0.39 is 0 Å². The van der Waals surface area contributed by atoms with Crippen molar-refractivity contribution in [1.82, 2.24) is 0 Å². The molecule has 0 radical (unpaired) electrons. The molecule has 2 aliphatic carbocycles. The Morgan fingerprint density at radius 3 is 2.60 bits per heavy atom. The van der Waals surface area contributed by atoms with Crippen LogP contribution in [0.15, 0.2) is 66.7 Å². The summed E-state index contributed by atoms with van der Waals surface area (Å²) in [5, 5.41) is 0. The number of thiophene rings is 1. The van der Waals surface area contributed by atoms with Crippen molar-refractivity contribution >= 4 is 29.0 Å². The summed E-state index contributed by atoms with van der Waals surface area (Å²) in [7, 11) is 0. The number of fused-ring (bicyclic) bond motifs is 6. The Bertz CT molecular complexity index is 1510. The molecule has 2 heterocycles. The Morgan fingerprint density at radius 2 is 1.77 bits per heavy atom. The summed E-state index contributed by atoms with van der Waals surface area (Å²) in [6.45, 7) is 6.72. The minimum atomic E-state index is 0.0391. The van der Waals surface area contributed by atoms with Crippen molar-refractivity contribution in [2.75, 3.05) is 4.90 Å². The zero-order valence-electron chi connectivity index (χ0n) is 20.5. The first-order chi connectivity index (χ1) is 17.0. The van der Waals surface area contributed by atoms with E-state index in [0.717, 1.165) is 16.7 Å². The summed E-state index contributed by atoms with van der Waals surface area (Å²) in [5.74, 6) is 0.577. The number of anilines is 2. The third-order valence-electron chi connectivity index (χ3n) is 8.69. The fourth-order valence-electron chi connectivity index (χ4n) is 6.96. The number of benzene rings is 3. The predicted octanol–water partition coefficient (Wildman–Crippen LogP) is 8.63. The maximum atomic E-state index is 11.4. The molecular formula is C32H29NOS. The minimum Gasteiger partial charge on any atom is -0.337 e. The van der Waals surface area contributed by atoms with E-state index in [1.54, 1.807) is 11.3 Å². The molecule has 0 spiro atoms. The van der Waals surface area contributed by atoms with E-state index in [9.17, 15) is 4.79 Å². The van der Waals surface area contributed by atoms with Gasteiger partial charge in [0.1, 0.15) is 0 Å². The number of hydrogen-bond acceptors (Lipinski definition) is 3. The number of carbonyl (C=O) groups excluding carboxylic acids is 1. The summed E-state index contributed by atoms with van der Waals surface area (Å²) in [6, 6.07) is 25.7. The van der Waals surface area contributed by atoms with E-state index in [4.69, 9.17) is 0 Å². The second-order valence-corrected chi connectivity index (χ2v) is 12.0. The molecule has 3 aliphatic rings. The van der Waals surface area contributed by atoms with Crippen LogP contribution in [0, 0.1) is 6.92 Å². The van der Waals surface area contributed by atoms with Crippen LogP contribution in [0.4, 0.5) is 11.4 Å². The zero-order chi connectivity index (χ0) is 23.9. The lowest BCUT2D eigenvalue weighted by atomic mass is 9.82. The second-order valence-electron chi connectivity index (χ2n) is 10.9. The van der Waals surface area contributed by atoms with E-state index >= 15 is 0 Å². The van der Waals surface area contributed by atoms with Gasteiger partial charge in [-0.2, -0.15) is 0 Å². The average molecular weight is 476 g/mol. The van der Waals surface area contributed by atoms with Crippen molar-refractivity contribution in [2.45, 2.75) is 57.4 Å². The molecule has 1 aromatic heterocycles. The van der Waals surface area contributed by atoms with Crippen molar-refractivity contribution in [3.8, 4) is 21.6 Å². The Labute approximate surface area is 211 Å². The molecule has 0 amide bonds. The van der Waals surface area contributed by atoms with Gasteiger partial charge in [-0.15, -0.1) is 11.3 Å². The molecule has 0 N–H and O–H groups in total. The van der Waals surface area contributed by atoms with Crippen LogP contribution in [0.1, 0.15) is 71.0 Å². The molecule has 2 unspecified atom stereocenters. The molecule has 35 heavy (non-hydrogen) atoms. The van der Waals surface area contributed by atoms with Crippen molar-refractivity contribution in [3.63, 3.8) is 0 Å². The number of carbonyl (C=O) groups is 1. The van der Waals surface area contributed by atoms with Crippen LogP contribution < -0.4 is 4.90 Å². The van der Waals surface area contributed by atoms with Crippen molar-refractivity contribution in [2.24, 2.45) is 0 Å². The maximum Gasteiger partial charge on any atom is 0.160 e. The normalized spacial score (nSPS) is 20.9. The highest BCUT2D eigenvalue weighted by Gasteiger charge is 2.43. The van der Waals surface area contributed by atoms with Gasteiger partial charge in [0.25, 0.3) is 0 Å². The number of nitrogens with zero attached hydrogens (tertiary/aromatic N) is 1. The van der Waals surface area contributed by atoms with E-state index in [2.05, 4.69) is 85.5 Å². The van der Waals surface area contributed by atoms with E-state index in [1.165, 1.54) is 68.9 Å². The van der Waals surface area contributed by atoms with Crippen LogP contribution in [0.3, 0.4) is 0 Å². The monoisotopic (exact) mass is 475 g/mol. The van der Waals surface area contributed by atoms with Gasteiger partial charge in [0.15, 0.2) is 6.29 Å². The molecule has 0 saturated heterocycles. The molecule has 1 saturated carbocycles. The zero-order valence-corrected chi connectivity index (χ0v) is 21.3. The first-order valence-corrected chi connectivity index (χ1v) is 13.5. The molecule has 4 aromatic rings. The van der Waals surface area contributed by atoms with Crippen LogP contribution >= 0.6 is 11.3 Å². The molecule has 1 fully saturated rings. The Balaban J connectivity index is 1.35. The summed E-state index contributed by atoms with van der Waals surface area (Å²) < 4.78 is 0. The molecule has 1 aliphatic heterocycles. The number of rotatable bonds is 3. The highest BCUT2D eigenvalue weighted by Crippen LogP contribution is 2.55. The average Bonchev–Trinajstić information content (AvgIpc) is 3.61. The van der Waals surface area contributed by atoms with Crippen molar-refractivity contribution < 1.29 is 4.79 Å². The van der Waals surface area contributed by atoms with Crippen LogP contribution in [-0.2, 0) is 5.41 Å². The highest BCUT2D eigenvalue weighted by atomic mass is 32.1. The predicted molar refractivity (Wildman–Crippen MR) is 146 cm³/mol. The van der Waals surface area contributed by atoms with E-state index in [-0.39, 0.29) is 5.41 Å². The lowest BCUT2D eigenvalue weighted by molar-refractivity contribution is 0.112. The van der Waals surface area contributed by atoms with Gasteiger partial charge >= 0.3 is 0 Å². The first kappa shape index (κ1) is 21.1. The molecule has 7 rings (SSSR count). The summed E-state index contributed by atoms with van der Waals surface area (Å²) in [4.78, 5) is 16.1. The third-order valence-corrected chi connectivity index (χ3v) is 9.90. The van der Waals surface area contributed by atoms with Gasteiger partial charge in [-0.1, -0.05) is 56.7 Å². The smallest absolute Gasteiger partial charge is 0.160 e. The van der Waals surface area contributed by atoms with Gasteiger partial charge in [0.05, 0.1) is 4.88 Å². The fraction of sp³-hybridized carbons (Fsp3) is 0.281. The first-order valence-electron chi connectivity index (χ1n) is 12.7. The topological polar surface area (TPSA) is 20.3 Å². The molecule has 2 nitrogen and oxygen atoms in total. The van der Waals surface area contributed by atoms with Crippen molar-refractivity contribution in [1.29, 1.82) is 0 Å². The van der Waals surface area contributed by atoms with Gasteiger partial charge in [-0.05, 0) is 89.0 Å². The Hall–Kier alpha value is -3.17. The van der Waals surface area contributed by atoms with Gasteiger partial charge in [0, 0.05) is 33.6 Å². The second kappa shape index (κ2) is 7.41. The van der Waals surface area contributed by atoms with Gasteiger partial charge in [0.2, 0.25) is 0 Å². The molecule has 174 valence electrons. The third kappa shape index (κ3) is 2.91. The molecular weight excluding hydrogens is 446 g/mol. The molecule has 0 bridgehead atoms. The summed E-state index contributed by atoms with van der Waals surface area (Å²) in [6.07, 6.45) is 4.76. The van der Waals surface area contributed by atoms with Crippen LogP contribution in [-0.4, -0.2) is 12.3 Å². The van der Waals surface area contributed by atoms with Gasteiger partial charge in [-0.3, -0.25) is 4.79 Å². The molecule has 2 atom stereocenters. The Kier molecular flexibility index (Phi) is 4.48. The summed E-state index contributed by atoms with van der Waals surface area (Å²) in [5.41, 5.74) is 12.1. The number of aldehydes is 1. The van der Waals surface area contributed by atoms with Crippen LogP contribution in [0.5, 0.6) is 0 Å². The van der Waals surface area contributed by atoms with Crippen LogP contribution in [0.2, 0.25) is 0 Å². The standard InChI is InChI=1S/C32H29NOS/c1-19-15-30(35-31(19)18-34)20-11-14-29-25(16-20)23-8-6-10-28(23)33(29)21-12-13-27-24(17-21)22-7-4-5-9-26(22)32(27,2)3/h4-5,7,9,11-18,23,28H,6,8,10H2,1-3H3. The lowest BCUT2D eigenvalue weighted by Gasteiger charge is -2.28. The maximum absolute atomic E-state index is 11.4.